The van der Waals surface area contributed by atoms with Crippen LogP contribution in [0.25, 0.3) is 0 Å². The molecule has 338 valence electrons. The van der Waals surface area contributed by atoms with Crippen molar-refractivity contribution < 1.29 is 28.7 Å². The van der Waals surface area contributed by atoms with E-state index >= 15 is 0 Å². The van der Waals surface area contributed by atoms with Crippen LogP contribution in [0.15, 0.2) is 41.9 Å². The normalized spacial score (nSPS) is 18.4. The van der Waals surface area contributed by atoms with Crippen molar-refractivity contribution >= 4 is 35.0 Å². The van der Waals surface area contributed by atoms with Gasteiger partial charge in [-0.3, -0.25) is 24.1 Å². The Hall–Kier alpha value is -3.43. The summed E-state index contributed by atoms with van der Waals surface area (Å²) in [5.41, 5.74) is 1.09. The number of likely N-dealkylation sites (tertiary alicyclic amines) is 1. The second-order valence-corrected chi connectivity index (χ2v) is 18.3. The van der Waals surface area contributed by atoms with Crippen LogP contribution >= 0.6 is 11.3 Å². The first-order chi connectivity index (χ1) is 28.6. The minimum atomic E-state index is -0.762. The molecule has 1 aromatic carbocycles. The minimum absolute atomic E-state index is 0.0150. The van der Waals surface area contributed by atoms with E-state index in [0.29, 0.717) is 19.4 Å². The quantitative estimate of drug-likeness (QED) is 0.104. The number of hydrogen-bond acceptors (Lipinski definition) is 10. The molecule has 9 unspecified atom stereocenters. The second kappa shape index (κ2) is 25.5. The maximum absolute atomic E-state index is 14.5. The molecule has 0 radical (unpaired) electrons. The first-order valence-electron chi connectivity index (χ1n) is 22.1. The molecule has 0 aliphatic carbocycles. The molecule has 4 amide bonds. The fourth-order valence-corrected chi connectivity index (χ4v) is 9.54. The molecule has 1 fully saturated rings. The maximum atomic E-state index is 14.5. The molecule has 1 aromatic heterocycles. The number of thiazole rings is 1. The minimum Gasteiger partial charge on any atom is -0.379 e. The molecule has 0 spiro atoms. The zero-order valence-corrected chi connectivity index (χ0v) is 39.4. The zero-order chi connectivity index (χ0) is 44.5. The predicted octanol–water partition coefficient (Wildman–Crippen LogP) is 5.56. The third kappa shape index (κ3) is 14.1. The summed E-state index contributed by atoms with van der Waals surface area (Å²) in [5, 5.41) is 12.3. The number of nitrogens with zero attached hydrogens (tertiary/aromatic N) is 4. The number of nitrogens with one attached hydrogen (secondary N) is 3. The molecule has 14 heteroatoms. The number of unbranched alkanes of at least 4 members (excludes halogenated alkanes) is 1. The van der Waals surface area contributed by atoms with E-state index in [9.17, 15) is 19.2 Å². The Balaban J connectivity index is 1.77. The molecule has 3 rings (SSSR count). The van der Waals surface area contributed by atoms with E-state index in [1.54, 1.807) is 32.4 Å². The number of rotatable bonds is 26. The first kappa shape index (κ1) is 50.9. The average molecular weight is 856 g/mol. The molecule has 0 bridgehead atoms. The van der Waals surface area contributed by atoms with Gasteiger partial charge < -0.3 is 35.2 Å². The van der Waals surface area contributed by atoms with E-state index in [1.807, 2.05) is 89.3 Å². The smallest absolute Gasteiger partial charge is 0.245 e. The van der Waals surface area contributed by atoms with E-state index in [0.717, 1.165) is 49.3 Å². The number of aromatic nitrogens is 1. The Morgan fingerprint density at radius 2 is 1.65 bits per heavy atom. The van der Waals surface area contributed by atoms with Gasteiger partial charge in [0, 0.05) is 39.4 Å². The number of ether oxygens (including phenoxy) is 2. The highest BCUT2D eigenvalue weighted by Gasteiger charge is 2.43. The predicted molar refractivity (Wildman–Crippen MR) is 240 cm³/mol. The zero-order valence-electron chi connectivity index (χ0n) is 38.6. The topological polar surface area (TPSA) is 145 Å². The van der Waals surface area contributed by atoms with Crippen LogP contribution < -0.4 is 16.0 Å². The summed E-state index contributed by atoms with van der Waals surface area (Å²) in [7, 11) is 8.87. The van der Waals surface area contributed by atoms with Crippen molar-refractivity contribution in [2.75, 3.05) is 55.0 Å². The Bertz CT molecular complexity index is 1580. The van der Waals surface area contributed by atoms with Gasteiger partial charge in [0.2, 0.25) is 23.6 Å². The van der Waals surface area contributed by atoms with Gasteiger partial charge >= 0.3 is 0 Å². The van der Waals surface area contributed by atoms with Gasteiger partial charge in [-0.25, -0.2) is 4.98 Å². The SMILES string of the molecule is CCC(C)C(C(CC(=O)N1CCCC1C(OC)C(C)C(=O)NC(Cc1ccccc1)c1nccs1)OC)N(C)C(=O)C(NC(=O)C(C(C)C)N(C)CCCCNC)C(C)C. The van der Waals surface area contributed by atoms with Gasteiger partial charge in [0.05, 0.1) is 48.7 Å². The Morgan fingerprint density at radius 3 is 2.22 bits per heavy atom. The molecule has 3 N–H and O–H groups in total. The molecule has 1 saturated heterocycles. The monoisotopic (exact) mass is 856 g/mol. The summed E-state index contributed by atoms with van der Waals surface area (Å²) in [6.07, 6.45) is 5.44. The van der Waals surface area contributed by atoms with Crippen LogP contribution in [0.4, 0.5) is 0 Å². The van der Waals surface area contributed by atoms with E-state index in [4.69, 9.17) is 9.47 Å². The van der Waals surface area contributed by atoms with Gasteiger partial charge in [-0.15, -0.1) is 11.3 Å². The van der Waals surface area contributed by atoms with Crippen LogP contribution in [0.3, 0.4) is 0 Å². The van der Waals surface area contributed by atoms with Crippen LogP contribution in [0.5, 0.6) is 0 Å². The molecule has 60 heavy (non-hydrogen) atoms. The van der Waals surface area contributed by atoms with Crippen LogP contribution in [0.1, 0.15) is 104 Å². The van der Waals surface area contributed by atoms with Gasteiger partial charge in [0.25, 0.3) is 0 Å². The van der Waals surface area contributed by atoms with Gasteiger partial charge in [-0.05, 0) is 82.6 Å². The summed E-state index contributed by atoms with van der Waals surface area (Å²) >= 11 is 1.51. The molecule has 0 saturated carbocycles. The van der Waals surface area contributed by atoms with Gasteiger partial charge in [0.1, 0.15) is 11.0 Å². The Kier molecular flexibility index (Phi) is 21.6. The molecule has 1 aliphatic heterocycles. The number of hydrogen-bond donors (Lipinski definition) is 3. The van der Waals surface area contributed by atoms with Crippen molar-refractivity contribution in [1.82, 2.24) is 35.6 Å². The lowest BCUT2D eigenvalue weighted by molar-refractivity contribution is -0.148. The fourth-order valence-electron chi connectivity index (χ4n) is 8.85. The summed E-state index contributed by atoms with van der Waals surface area (Å²) in [5.74, 6) is -1.35. The van der Waals surface area contributed by atoms with Gasteiger partial charge in [-0.1, -0.05) is 85.2 Å². The summed E-state index contributed by atoms with van der Waals surface area (Å²) in [4.78, 5) is 67.0. The van der Waals surface area contributed by atoms with Crippen LogP contribution in [-0.4, -0.2) is 135 Å². The highest BCUT2D eigenvalue weighted by atomic mass is 32.1. The average Bonchev–Trinajstić information content (AvgIpc) is 3.95. The number of amides is 4. The van der Waals surface area contributed by atoms with Gasteiger partial charge in [-0.2, -0.15) is 0 Å². The van der Waals surface area contributed by atoms with Crippen molar-refractivity contribution in [1.29, 1.82) is 0 Å². The Labute approximate surface area is 365 Å². The number of carbonyl (C=O) groups excluding carboxylic acids is 4. The van der Waals surface area contributed by atoms with Crippen LogP contribution in [0.2, 0.25) is 0 Å². The molecule has 13 nitrogen and oxygen atoms in total. The number of carbonyl (C=O) groups is 4. The first-order valence-corrected chi connectivity index (χ1v) is 23.0. The van der Waals surface area contributed by atoms with E-state index < -0.39 is 30.2 Å². The van der Waals surface area contributed by atoms with E-state index in [2.05, 4.69) is 39.7 Å². The Morgan fingerprint density at radius 1 is 0.950 bits per heavy atom. The molecule has 2 heterocycles. The van der Waals surface area contributed by atoms with Crippen molar-refractivity contribution in [3.63, 3.8) is 0 Å². The van der Waals surface area contributed by atoms with Crippen molar-refractivity contribution in [3.8, 4) is 0 Å². The highest BCUT2D eigenvalue weighted by Crippen LogP contribution is 2.30. The lowest BCUT2D eigenvalue weighted by Crippen LogP contribution is -2.60. The molecule has 9 atom stereocenters. The molecular formula is C46H77N7O6S. The lowest BCUT2D eigenvalue weighted by atomic mass is 9.89. The maximum Gasteiger partial charge on any atom is 0.245 e. The second-order valence-electron chi connectivity index (χ2n) is 17.4. The van der Waals surface area contributed by atoms with Crippen LogP contribution in [0, 0.1) is 23.7 Å². The number of methoxy groups -OCH3 is 2. The van der Waals surface area contributed by atoms with Crippen molar-refractivity contribution in [2.45, 2.75) is 136 Å². The third-order valence-corrected chi connectivity index (χ3v) is 13.3. The highest BCUT2D eigenvalue weighted by molar-refractivity contribution is 7.09. The summed E-state index contributed by atoms with van der Waals surface area (Å²) < 4.78 is 12.2. The fraction of sp³-hybridized carbons (Fsp3) is 0.717. The van der Waals surface area contributed by atoms with Crippen molar-refractivity contribution in [3.05, 3.63) is 52.5 Å². The third-order valence-electron chi connectivity index (χ3n) is 12.4. The largest absolute Gasteiger partial charge is 0.379 e. The standard InChI is InChI=1S/C46H77N7O6S/c1-13-32(6)41(52(10)46(57)39(30(2)3)50-44(56)40(31(4)5)51(9)25-18-17-23-47-8)37(58-11)29-38(54)53-26-19-22-36(53)42(59-12)33(7)43(55)49-35(45-48-24-27-60-45)28-34-20-15-14-16-21-34/h14-16,20-21,24,27,30-33,35-37,39-42,47H,13,17-19,22-23,25-26,28-29H2,1-12H3,(H,49,55)(H,50,56). The summed E-state index contributed by atoms with van der Waals surface area (Å²) in [6.45, 7) is 16.2. The van der Waals surface area contributed by atoms with Gasteiger partial charge in [0.15, 0.2) is 0 Å². The number of likely N-dealkylation sites (N-methyl/N-ethyl adjacent to an activating group) is 2. The lowest BCUT2D eigenvalue weighted by Gasteiger charge is -2.41. The van der Waals surface area contributed by atoms with Crippen molar-refractivity contribution in [2.24, 2.45) is 23.7 Å². The van der Waals surface area contributed by atoms with E-state index in [-0.39, 0.29) is 65.9 Å². The summed E-state index contributed by atoms with van der Waals surface area (Å²) in [6, 6.07) is 7.82. The van der Waals surface area contributed by atoms with Crippen LogP contribution in [-0.2, 0) is 35.1 Å². The number of benzene rings is 1. The molecule has 2 aromatic rings. The van der Waals surface area contributed by atoms with E-state index in [1.165, 1.54) is 11.3 Å². The molecular weight excluding hydrogens is 779 g/mol. The molecule has 1 aliphatic rings.